The molecule has 0 saturated heterocycles. The van der Waals surface area contributed by atoms with Crippen molar-refractivity contribution in [2.24, 2.45) is 16.8 Å². The van der Waals surface area contributed by atoms with E-state index in [-0.39, 0.29) is 11.7 Å². The van der Waals surface area contributed by atoms with E-state index in [4.69, 9.17) is 4.18 Å². The van der Waals surface area contributed by atoms with E-state index in [0.29, 0.717) is 11.6 Å². The number of fused-ring (bicyclic) bond motifs is 2. The first-order valence-electron chi connectivity index (χ1n) is 4.52. The molecule has 0 N–H and O–H groups in total. The van der Waals surface area contributed by atoms with Crippen LogP contribution in [0.1, 0.15) is 19.3 Å². The maximum Gasteiger partial charge on any atom is 0.192 e. The second-order valence-corrected chi connectivity index (χ2v) is 4.43. The summed E-state index contributed by atoms with van der Waals surface area (Å²) in [6.07, 6.45) is 4.69. The summed E-state index contributed by atoms with van der Waals surface area (Å²) in [4.78, 5) is 16.9. The molecule has 2 aliphatic carbocycles. The lowest BCUT2D eigenvalue weighted by atomic mass is 9.99. The maximum atomic E-state index is 11.8. The molecule has 0 spiro atoms. The van der Waals surface area contributed by atoms with Gasteiger partial charge in [-0.15, -0.1) is 0 Å². The summed E-state index contributed by atoms with van der Waals surface area (Å²) in [6, 6.07) is 0. The molecule has 0 aromatic carbocycles. The number of Topliss-reactive ketones (excluding diaryl/α,β-unsaturated/α-hetero) is 1. The Morgan fingerprint density at radius 1 is 1.46 bits per heavy atom. The van der Waals surface area contributed by atoms with E-state index >= 15 is 0 Å². The van der Waals surface area contributed by atoms with E-state index in [0.717, 1.165) is 17.7 Å². The molecule has 0 radical (unpaired) electrons. The fraction of sp³-hybridized carbons (Fsp3) is 0.556. The molecule has 0 aromatic heterocycles. The molecule has 0 bridgehead atoms. The lowest BCUT2D eigenvalue weighted by molar-refractivity contribution is -0.118. The fourth-order valence-electron chi connectivity index (χ4n) is 2.44. The molecule has 2 atom stereocenters. The van der Waals surface area contributed by atoms with Crippen molar-refractivity contribution >= 4 is 24.2 Å². The molecule has 1 fully saturated rings. The third-order valence-electron chi connectivity index (χ3n) is 3.02. The molecule has 4 heteroatoms. The molecule has 1 saturated carbocycles. The van der Waals surface area contributed by atoms with E-state index in [9.17, 15) is 4.79 Å². The van der Waals surface area contributed by atoms with Gasteiger partial charge in [-0.1, -0.05) is 6.42 Å². The summed E-state index contributed by atoms with van der Waals surface area (Å²) < 4.78 is 5.05. The Balaban J connectivity index is 2.06. The van der Waals surface area contributed by atoms with Crippen LogP contribution in [0.5, 0.6) is 0 Å². The smallest absolute Gasteiger partial charge is 0.192 e. The number of nitrogens with zero attached hydrogens (tertiary/aromatic N) is 1. The molecular weight excluding hydrogens is 186 g/mol. The zero-order valence-electron chi connectivity index (χ0n) is 7.03. The summed E-state index contributed by atoms with van der Waals surface area (Å²) in [5.74, 6) is 0.880. The molecule has 0 amide bonds. The maximum absolute atomic E-state index is 11.8. The predicted octanol–water partition coefficient (Wildman–Crippen LogP) is 1.90. The Kier molecular flexibility index (Phi) is 1.53. The molecule has 13 heavy (non-hydrogen) atoms. The van der Waals surface area contributed by atoms with Crippen LogP contribution in [0.25, 0.3) is 0 Å². The molecule has 3 nitrogen and oxygen atoms in total. The van der Waals surface area contributed by atoms with E-state index in [2.05, 4.69) is 4.99 Å². The van der Waals surface area contributed by atoms with Crippen LogP contribution in [0, 0.1) is 11.8 Å². The van der Waals surface area contributed by atoms with Crippen molar-refractivity contribution in [3.05, 3.63) is 10.6 Å². The van der Waals surface area contributed by atoms with Crippen molar-refractivity contribution in [1.29, 1.82) is 0 Å². The predicted molar refractivity (Wildman–Crippen MR) is 50.0 cm³/mol. The number of aliphatic imine (C=N–C) groups is 1. The Hall–Kier alpha value is -0.770. The van der Waals surface area contributed by atoms with E-state index < -0.39 is 0 Å². The van der Waals surface area contributed by atoms with Gasteiger partial charge in [0.2, 0.25) is 0 Å². The van der Waals surface area contributed by atoms with Gasteiger partial charge in [0, 0.05) is 11.8 Å². The fourth-order valence-corrected chi connectivity index (χ4v) is 3.26. The standard InChI is InChI=1S/C9H9NO2S/c11-8-5-2-1-3-6(5)9-7(8)10-4-12-13-9/h4-6H,1-3H2. The van der Waals surface area contributed by atoms with Gasteiger partial charge in [0.25, 0.3) is 0 Å². The van der Waals surface area contributed by atoms with Crippen LogP contribution in [-0.2, 0) is 8.98 Å². The number of carbonyl (C=O) groups excluding carboxylic acids is 1. The highest BCUT2D eigenvalue weighted by atomic mass is 32.2. The van der Waals surface area contributed by atoms with Gasteiger partial charge in [-0.05, 0) is 12.8 Å². The highest BCUT2D eigenvalue weighted by Gasteiger charge is 2.46. The number of hydrogen-bond donors (Lipinski definition) is 0. The SMILES string of the molecule is O=C1C2=C(SOC=N2)C2CCCC12. The van der Waals surface area contributed by atoms with E-state index in [1.165, 1.54) is 24.9 Å². The molecule has 0 aromatic rings. The minimum Gasteiger partial charge on any atom is -0.409 e. The van der Waals surface area contributed by atoms with Crippen molar-refractivity contribution < 1.29 is 8.98 Å². The largest absolute Gasteiger partial charge is 0.409 e. The van der Waals surface area contributed by atoms with Crippen molar-refractivity contribution in [3.63, 3.8) is 0 Å². The summed E-state index contributed by atoms with van der Waals surface area (Å²) >= 11 is 1.32. The van der Waals surface area contributed by atoms with Crippen LogP contribution in [0.4, 0.5) is 0 Å². The first kappa shape index (κ1) is 7.62. The summed E-state index contributed by atoms with van der Waals surface area (Å²) in [5, 5.41) is 0. The molecule has 3 aliphatic rings. The topological polar surface area (TPSA) is 38.7 Å². The van der Waals surface area contributed by atoms with Crippen LogP contribution in [0.3, 0.4) is 0 Å². The quantitative estimate of drug-likeness (QED) is 0.554. The van der Waals surface area contributed by atoms with Crippen molar-refractivity contribution in [2.45, 2.75) is 19.3 Å². The van der Waals surface area contributed by atoms with Crippen LogP contribution in [0.2, 0.25) is 0 Å². The lowest BCUT2D eigenvalue weighted by Gasteiger charge is -2.11. The van der Waals surface area contributed by atoms with Gasteiger partial charge >= 0.3 is 0 Å². The molecule has 68 valence electrons. The molecule has 3 rings (SSSR count). The lowest BCUT2D eigenvalue weighted by Crippen LogP contribution is -2.10. The molecule has 1 aliphatic heterocycles. The highest BCUT2D eigenvalue weighted by Crippen LogP contribution is 2.50. The minimum atomic E-state index is 0.219. The van der Waals surface area contributed by atoms with E-state index in [1.807, 2.05) is 0 Å². The number of ketones is 1. The van der Waals surface area contributed by atoms with Gasteiger partial charge in [-0.3, -0.25) is 4.79 Å². The van der Waals surface area contributed by atoms with Gasteiger partial charge in [-0.2, -0.15) is 0 Å². The summed E-state index contributed by atoms with van der Waals surface area (Å²) in [6.45, 7) is 0. The van der Waals surface area contributed by atoms with Crippen LogP contribution in [0.15, 0.2) is 15.6 Å². The zero-order valence-corrected chi connectivity index (χ0v) is 7.84. The average Bonchev–Trinajstić information content (AvgIpc) is 2.72. The summed E-state index contributed by atoms with van der Waals surface area (Å²) in [7, 11) is 0. The van der Waals surface area contributed by atoms with Crippen molar-refractivity contribution in [1.82, 2.24) is 0 Å². The Morgan fingerprint density at radius 3 is 3.23 bits per heavy atom. The number of carbonyl (C=O) groups is 1. The normalized spacial score (nSPS) is 36.2. The Labute approximate surface area is 80.5 Å². The highest BCUT2D eigenvalue weighted by molar-refractivity contribution is 7.99. The molecule has 1 heterocycles. The van der Waals surface area contributed by atoms with Crippen LogP contribution in [-0.4, -0.2) is 12.2 Å². The first-order valence-corrected chi connectivity index (χ1v) is 5.26. The zero-order chi connectivity index (χ0) is 8.84. The number of rotatable bonds is 0. The summed E-state index contributed by atoms with van der Waals surface area (Å²) in [5.41, 5.74) is 0.672. The van der Waals surface area contributed by atoms with Gasteiger partial charge in [-0.25, -0.2) is 4.99 Å². The van der Waals surface area contributed by atoms with Crippen LogP contribution >= 0.6 is 12.0 Å². The molecule has 2 unspecified atom stereocenters. The Morgan fingerprint density at radius 2 is 2.31 bits per heavy atom. The number of hydrogen-bond acceptors (Lipinski definition) is 4. The minimum absolute atomic E-state index is 0.219. The Bertz CT molecular complexity index is 335. The first-order chi connectivity index (χ1) is 6.38. The van der Waals surface area contributed by atoms with Gasteiger partial charge in [0.15, 0.2) is 12.2 Å². The monoisotopic (exact) mass is 195 g/mol. The van der Waals surface area contributed by atoms with Crippen LogP contribution < -0.4 is 0 Å². The van der Waals surface area contributed by atoms with Crippen molar-refractivity contribution in [3.8, 4) is 0 Å². The second-order valence-electron chi connectivity index (χ2n) is 3.64. The average molecular weight is 195 g/mol. The van der Waals surface area contributed by atoms with Crippen molar-refractivity contribution in [2.75, 3.05) is 0 Å². The third-order valence-corrected chi connectivity index (χ3v) is 3.88. The van der Waals surface area contributed by atoms with Gasteiger partial charge in [0.05, 0.1) is 16.9 Å². The third kappa shape index (κ3) is 0.921. The number of allylic oxidation sites excluding steroid dienone is 2. The molecular formula is C9H9NO2S. The van der Waals surface area contributed by atoms with E-state index in [1.54, 1.807) is 0 Å². The van der Waals surface area contributed by atoms with Gasteiger partial charge < -0.3 is 4.18 Å². The van der Waals surface area contributed by atoms with Gasteiger partial charge in [0.1, 0.15) is 5.70 Å². The second kappa shape index (κ2) is 2.61.